The molecule has 1 aromatic rings. The van der Waals surface area contributed by atoms with Gasteiger partial charge >= 0.3 is 0 Å². The zero-order valence-electron chi connectivity index (χ0n) is 9.92. The van der Waals surface area contributed by atoms with Gasteiger partial charge in [0.05, 0.1) is 0 Å². The van der Waals surface area contributed by atoms with Crippen LogP contribution in [0.4, 0.5) is 5.69 Å². The number of aryl methyl sites for hydroxylation is 1. The summed E-state index contributed by atoms with van der Waals surface area (Å²) < 4.78 is 0.992. The SMILES string of the molecule is Cc1cc(Br)cc(NC(=O)CC2CCCN2)c1. The smallest absolute Gasteiger partial charge is 0.225 e. The molecule has 1 atom stereocenters. The summed E-state index contributed by atoms with van der Waals surface area (Å²) in [7, 11) is 0. The third-order valence-corrected chi connectivity index (χ3v) is 3.38. The molecule has 0 spiro atoms. The Kier molecular flexibility index (Phi) is 4.18. The lowest BCUT2D eigenvalue weighted by Gasteiger charge is -2.11. The first-order valence-electron chi connectivity index (χ1n) is 5.94. The number of nitrogens with one attached hydrogen (secondary N) is 2. The summed E-state index contributed by atoms with van der Waals surface area (Å²) >= 11 is 3.43. The van der Waals surface area contributed by atoms with Crippen LogP contribution in [-0.4, -0.2) is 18.5 Å². The second-order valence-corrected chi connectivity index (χ2v) is 5.48. The van der Waals surface area contributed by atoms with Gasteiger partial charge in [-0.3, -0.25) is 4.79 Å². The molecule has 1 aromatic carbocycles. The zero-order chi connectivity index (χ0) is 12.3. The highest BCUT2D eigenvalue weighted by molar-refractivity contribution is 9.10. The van der Waals surface area contributed by atoms with Crippen molar-refractivity contribution in [1.29, 1.82) is 0 Å². The zero-order valence-corrected chi connectivity index (χ0v) is 11.5. The molecule has 0 radical (unpaired) electrons. The molecule has 2 rings (SSSR count). The van der Waals surface area contributed by atoms with Crippen molar-refractivity contribution in [3.63, 3.8) is 0 Å². The predicted octanol–water partition coefficient (Wildman–Crippen LogP) is 2.84. The summed E-state index contributed by atoms with van der Waals surface area (Å²) in [6, 6.07) is 6.27. The number of anilines is 1. The fraction of sp³-hybridized carbons (Fsp3) is 0.462. The van der Waals surface area contributed by atoms with E-state index in [0.29, 0.717) is 12.5 Å². The second-order valence-electron chi connectivity index (χ2n) is 4.56. The van der Waals surface area contributed by atoms with E-state index in [-0.39, 0.29) is 5.91 Å². The summed E-state index contributed by atoms with van der Waals surface area (Å²) in [5.74, 6) is 0.0851. The minimum atomic E-state index is 0.0851. The van der Waals surface area contributed by atoms with Gasteiger partial charge in [-0.1, -0.05) is 15.9 Å². The Hall–Kier alpha value is -0.870. The molecule has 0 aromatic heterocycles. The molecule has 0 bridgehead atoms. The Morgan fingerprint density at radius 2 is 2.35 bits per heavy atom. The van der Waals surface area contributed by atoms with Gasteiger partial charge < -0.3 is 10.6 Å². The molecular formula is C13H17BrN2O. The minimum Gasteiger partial charge on any atom is -0.326 e. The molecular weight excluding hydrogens is 280 g/mol. The fourth-order valence-electron chi connectivity index (χ4n) is 2.18. The standard InChI is InChI=1S/C13H17BrN2O/c1-9-5-10(14)7-12(6-9)16-13(17)8-11-3-2-4-15-11/h5-7,11,15H,2-4,8H2,1H3,(H,16,17). The normalized spacial score (nSPS) is 19.3. The van der Waals surface area contributed by atoms with Crippen LogP contribution in [0.2, 0.25) is 0 Å². The van der Waals surface area contributed by atoms with Crippen LogP contribution >= 0.6 is 15.9 Å². The Morgan fingerprint density at radius 3 is 3.00 bits per heavy atom. The van der Waals surface area contributed by atoms with Crippen LogP contribution in [-0.2, 0) is 4.79 Å². The van der Waals surface area contributed by atoms with E-state index in [4.69, 9.17) is 0 Å². The van der Waals surface area contributed by atoms with Gasteiger partial charge in [0, 0.05) is 22.6 Å². The number of carbonyl (C=O) groups excluding carboxylic acids is 1. The molecule has 0 saturated carbocycles. The third-order valence-electron chi connectivity index (χ3n) is 2.92. The van der Waals surface area contributed by atoms with E-state index < -0.39 is 0 Å². The van der Waals surface area contributed by atoms with Gasteiger partial charge in [-0.05, 0) is 50.1 Å². The number of rotatable bonds is 3. The van der Waals surface area contributed by atoms with Crippen molar-refractivity contribution < 1.29 is 4.79 Å². The van der Waals surface area contributed by atoms with Crippen molar-refractivity contribution in [1.82, 2.24) is 5.32 Å². The maximum absolute atomic E-state index is 11.8. The van der Waals surface area contributed by atoms with Crippen molar-refractivity contribution in [2.45, 2.75) is 32.2 Å². The lowest BCUT2D eigenvalue weighted by Crippen LogP contribution is -2.27. The highest BCUT2D eigenvalue weighted by Crippen LogP contribution is 2.19. The monoisotopic (exact) mass is 296 g/mol. The Bertz CT molecular complexity index is 394. The summed E-state index contributed by atoms with van der Waals surface area (Å²) in [4.78, 5) is 11.8. The van der Waals surface area contributed by atoms with E-state index in [1.54, 1.807) is 0 Å². The maximum Gasteiger partial charge on any atom is 0.225 e. The lowest BCUT2D eigenvalue weighted by atomic mass is 10.1. The van der Waals surface area contributed by atoms with Crippen LogP contribution < -0.4 is 10.6 Å². The van der Waals surface area contributed by atoms with Gasteiger partial charge in [0.15, 0.2) is 0 Å². The van der Waals surface area contributed by atoms with Gasteiger partial charge in [-0.25, -0.2) is 0 Å². The number of halogens is 1. The van der Waals surface area contributed by atoms with E-state index in [1.165, 1.54) is 6.42 Å². The summed E-state index contributed by atoms with van der Waals surface area (Å²) in [5.41, 5.74) is 1.99. The Balaban J connectivity index is 1.92. The Labute approximate surface area is 110 Å². The van der Waals surface area contributed by atoms with Crippen LogP contribution in [0.15, 0.2) is 22.7 Å². The molecule has 0 aliphatic carbocycles. The summed E-state index contributed by atoms with van der Waals surface area (Å²) in [6.07, 6.45) is 2.84. The average molecular weight is 297 g/mol. The van der Waals surface area contributed by atoms with E-state index in [1.807, 2.05) is 25.1 Å². The number of amides is 1. The lowest BCUT2D eigenvalue weighted by molar-refractivity contribution is -0.116. The van der Waals surface area contributed by atoms with Gasteiger partial charge in [0.25, 0.3) is 0 Å². The van der Waals surface area contributed by atoms with Gasteiger partial charge in [-0.2, -0.15) is 0 Å². The molecule has 1 fully saturated rings. The number of hydrogen-bond acceptors (Lipinski definition) is 2. The average Bonchev–Trinajstić information content (AvgIpc) is 2.67. The number of hydrogen-bond donors (Lipinski definition) is 2. The van der Waals surface area contributed by atoms with Gasteiger partial charge in [0.1, 0.15) is 0 Å². The molecule has 1 unspecified atom stereocenters. The highest BCUT2D eigenvalue weighted by Gasteiger charge is 2.17. The van der Waals surface area contributed by atoms with E-state index in [2.05, 4.69) is 26.6 Å². The minimum absolute atomic E-state index is 0.0851. The van der Waals surface area contributed by atoms with Crippen molar-refractivity contribution in [2.24, 2.45) is 0 Å². The van der Waals surface area contributed by atoms with Crippen LogP contribution in [0.25, 0.3) is 0 Å². The maximum atomic E-state index is 11.8. The fourth-order valence-corrected chi connectivity index (χ4v) is 2.78. The van der Waals surface area contributed by atoms with Gasteiger partial charge in [-0.15, -0.1) is 0 Å². The Morgan fingerprint density at radius 1 is 1.53 bits per heavy atom. The first-order chi connectivity index (χ1) is 8.13. The van der Waals surface area contributed by atoms with Crippen LogP contribution in [0.3, 0.4) is 0 Å². The molecule has 92 valence electrons. The first kappa shape index (κ1) is 12.6. The number of benzene rings is 1. The van der Waals surface area contributed by atoms with E-state index in [0.717, 1.165) is 28.7 Å². The molecule has 1 aliphatic rings. The van der Waals surface area contributed by atoms with Crippen LogP contribution in [0, 0.1) is 6.92 Å². The van der Waals surface area contributed by atoms with Crippen molar-refractivity contribution in [3.05, 3.63) is 28.2 Å². The summed E-state index contributed by atoms with van der Waals surface area (Å²) in [5, 5.41) is 6.27. The van der Waals surface area contributed by atoms with Crippen molar-refractivity contribution >= 4 is 27.5 Å². The highest BCUT2D eigenvalue weighted by atomic mass is 79.9. The van der Waals surface area contributed by atoms with Crippen molar-refractivity contribution in [3.8, 4) is 0 Å². The van der Waals surface area contributed by atoms with Crippen LogP contribution in [0.1, 0.15) is 24.8 Å². The molecule has 1 saturated heterocycles. The second kappa shape index (κ2) is 5.65. The predicted molar refractivity (Wildman–Crippen MR) is 73.2 cm³/mol. The molecule has 1 aliphatic heterocycles. The first-order valence-corrected chi connectivity index (χ1v) is 6.73. The third kappa shape index (κ3) is 3.82. The van der Waals surface area contributed by atoms with E-state index >= 15 is 0 Å². The molecule has 2 N–H and O–H groups in total. The van der Waals surface area contributed by atoms with Crippen molar-refractivity contribution in [2.75, 3.05) is 11.9 Å². The summed E-state index contributed by atoms with van der Waals surface area (Å²) in [6.45, 7) is 3.05. The quantitative estimate of drug-likeness (QED) is 0.900. The molecule has 4 heteroatoms. The topological polar surface area (TPSA) is 41.1 Å². The number of carbonyl (C=O) groups is 1. The van der Waals surface area contributed by atoms with E-state index in [9.17, 15) is 4.79 Å². The molecule has 3 nitrogen and oxygen atoms in total. The molecule has 17 heavy (non-hydrogen) atoms. The molecule has 1 heterocycles. The molecule has 1 amide bonds. The largest absolute Gasteiger partial charge is 0.326 e. The van der Waals surface area contributed by atoms with Gasteiger partial charge in [0.2, 0.25) is 5.91 Å². The van der Waals surface area contributed by atoms with Crippen LogP contribution in [0.5, 0.6) is 0 Å².